The minimum atomic E-state index is 0.461. The van der Waals surface area contributed by atoms with Crippen molar-refractivity contribution in [3.8, 4) is 11.5 Å². The van der Waals surface area contributed by atoms with Gasteiger partial charge in [0.25, 0.3) is 0 Å². The summed E-state index contributed by atoms with van der Waals surface area (Å²) in [5.41, 5.74) is 0.890. The van der Waals surface area contributed by atoms with Gasteiger partial charge in [0.2, 0.25) is 0 Å². The van der Waals surface area contributed by atoms with Crippen LogP contribution in [0.15, 0.2) is 24.3 Å². The Hall–Kier alpha value is -2.01. The summed E-state index contributed by atoms with van der Waals surface area (Å²) < 4.78 is 11.3. The summed E-state index contributed by atoms with van der Waals surface area (Å²) in [7, 11) is 0. The molecule has 6 heteroatoms. The lowest BCUT2D eigenvalue weighted by Crippen LogP contribution is -2.00. The van der Waals surface area contributed by atoms with Crippen molar-refractivity contribution in [2.24, 2.45) is 0 Å². The molecule has 4 rings (SSSR count). The van der Waals surface area contributed by atoms with Crippen LogP contribution in [0, 0.1) is 0 Å². The maximum atomic E-state index is 6.09. The first-order chi connectivity index (χ1) is 10.8. The standard InChI is InChI=1S/C16H16ClN3O2/c17-14-9-15(20-16(19-14)10-2-3-10)18-11-4-5-12-13(8-11)22-7-1-6-21-12/h4-5,8-10H,1-3,6-7H2,(H,18,19,20). The SMILES string of the molecule is Clc1cc(Nc2ccc3c(c2)OCCCO3)nc(C2CC2)n1. The van der Waals surface area contributed by atoms with Gasteiger partial charge in [0.15, 0.2) is 11.5 Å². The van der Waals surface area contributed by atoms with Gasteiger partial charge in [-0.1, -0.05) is 11.6 Å². The van der Waals surface area contributed by atoms with Crippen LogP contribution in [-0.4, -0.2) is 23.2 Å². The second-order valence-electron chi connectivity index (χ2n) is 5.55. The summed E-state index contributed by atoms with van der Waals surface area (Å²) in [6.45, 7) is 1.35. The van der Waals surface area contributed by atoms with Crippen molar-refractivity contribution < 1.29 is 9.47 Å². The lowest BCUT2D eigenvalue weighted by molar-refractivity contribution is 0.297. The van der Waals surface area contributed by atoms with Gasteiger partial charge in [0.1, 0.15) is 16.8 Å². The summed E-state index contributed by atoms with van der Waals surface area (Å²) in [6.07, 6.45) is 3.18. The number of benzene rings is 1. The van der Waals surface area contributed by atoms with E-state index < -0.39 is 0 Å². The van der Waals surface area contributed by atoms with E-state index >= 15 is 0 Å². The molecular formula is C16H16ClN3O2. The van der Waals surface area contributed by atoms with E-state index in [-0.39, 0.29) is 0 Å². The van der Waals surface area contributed by atoms with Crippen molar-refractivity contribution in [2.75, 3.05) is 18.5 Å². The molecule has 1 aliphatic heterocycles. The second-order valence-corrected chi connectivity index (χ2v) is 5.93. The van der Waals surface area contributed by atoms with Gasteiger partial charge < -0.3 is 14.8 Å². The van der Waals surface area contributed by atoms with Gasteiger partial charge in [-0.2, -0.15) is 0 Å². The molecule has 0 bridgehead atoms. The highest BCUT2D eigenvalue weighted by atomic mass is 35.5. The van der Waals surface area contributed by atoms with E-state index in [0.29, 0.717) is 30.1 Å². The number of ether oxygens (including phenoxy) is 2. The van der Waals surface area contributed by atoms with Crippen LogP contribution in [-0.2, 0) is 0 Å². The molecule has 1 aromatic heterocycles. The van der Waals surface area contributed by atoms with Crippen molar-refractivity contribution in [3.05, 3.63) is 35.2 Å². The summed E-state index contributed by atoms with van der Waals surface area (Å²) in [5, 5.41) is 3.73. The molecule has 2 aromatic rings. The molecule has 0 atom stereocenters. The first-order valence-corrected chi connectivity index (χ1v) is 7.87. The molecule has 0 spiro atoms. The van der Waals surface area contributed by atoms with Gasteiger partial charge in [-0.25, -0.2) is 9.97 Å². The molecule has 1 N–H and O–H groups in total. The normalized spacial score (nSPS) is 17.0. The fourth-order valence-electron chi connectivity index (χ4n) is 2.41. The number of nitrogens with one attached hydrogen (secondary N) is 1. The molecule has 1 fully saturated rings. The largest absolute Gasteiger partial charge is 0.490 e. The second kappa shape index (κ2) is 5.65. The van der Waals surface area contributed by atoms with Crippen molar-refractivity contribution in [3.63, 3.8) is 0 Å². The highest BCUT2D eigenvalue weighted by Gasteiger charge is 2.27. The third-order valence-corrected chi connectivity index (χ3v) is 3.87. The van der Waals surface area contributed by atoms with E-state index in [4.69, 9.17) is 21.1 Å². The van der Waals surface area contributed by atoms with Crippen molar-refractivity contribution >= 4 is 23.1 Å². The highest BCUT2D eigenvalue weighted by Crippen LogP contribution is 2.39. The first-order valence-electron chi connectivity index (χ1n) is 7.49. The van der Waals surface area contributed by atoms with E-state index in [1.54, 1.807) is 6.07 Å². The van der Waals surface area contributed by atoms with Crippen LogP contribution in [0.25, 0.3) is 0 Å². The average Bonchev–Trinajstić information content (AvgIpc) is 3.33. The van der Waals surface area contributed by atoms with Crippen molar-refractivity contribution in [2.45, 2.75) is 25.2 Å². The molecule has 2 heterocycles. The van der Waals surface area contributed by atoms with Crippen LogP contribution in [0.4, 0.5) is 11.5 Å². The maximum absolute atomic E-state index is 6.09. The average molecular weight is 318 g/mol. The summed E-state index contributed by atoms with van der Waals surface area (Å²) in [4.78, 5) is 8.83. The molecular weight excluding hydrogens is 302 g/mol. The van der Waals surface area contributed by atoms with Gasteiger partial charge in [-0.05, 0) is 25.0 Å². The zero-order valence-corrected chi connectivity index (χ0v) is 12.8. The molecule has 114 valence electrons. The third kappa shape index (κ3) is 2.95. The Bertz CT molecular complexity index is 704. The van der Waals surface area contributed by atoms with E-state index in [9.17, 15) is 0 Å². The van der Waals surface area contributed by atoms with Crippen molar-refractivity contribution in [1.82, 2.24) is 9.97 Å². The number of fused-ring (bicyclic) bond motifs is 1. The Balaban J connectivity index is 1.59. The Kier molecular flexibility index (Phi) is 3.50. The number of hydrogen-bond donors (Lipinski definition) is 1. The van der Waals surface area contributed by atoms with Gasteiger partial charge >= 0.3 is 0 Å². The third-order valence-electron chi connectivity index (χ3n) is 3.67. The van der Waals surface area contributed by atoms with Crippen LogP contribution >= 0.6 is 11.6 Å². The van der Waals surface area contributed by atoms with E-state index in [1.807, 2.05) is 18.2 Å². The lowest BCUT2D eigenvalue weighted by atomic mass is 10.2. The molecule has 0 radical (unpaired) electrons. The van der Waals surface area contributed by atoms with Crippen LogP contribution in [0.5, 0.6) is 11.5 Å². The van der Waals surface area contributed by atoms with Gasteiger partial charge in [0.05, 0.1) is 13.2 Å². The zero-order valence-electron chi connectivity index (χ0n) is 12.0. The predicted molar refractivity (Wildman–Crippen MR) is 84.3 cm³/mol. The van der Waals surface area contributed by atoms with E-state index in [0.717, 1.165) is 42.3 Å². The lowest BCUT2D eigenvalue weighted by Gasteiger charge is -2.11. The molecule has 22 heavy (non-hydrogen) atoms. The monoisotopic (exact) mass is 317 g/mol. The number of aromatic nitrogens is 2. The smallest absolute Gasteiger partial charge is 0.163 e. The summed E-state index contributed by atoms with van der Waals surface area (Å²) in [6, 6.07) is 7.51. The van der Waals surface area contributed by atoms with Crippen LogP contribution in [0.2, 0.25) is 5.15 Å². The van der Waals surface area contributed by atoms with Crippen LogP contribution in [0.1, 0.15) is 31.0 Å². The van der Waals surface area contributed by atoms with Crippen LogP contribution < -0.4 is 14.8 Å². The Labute approximate surface area is 133 Å². The highest BCUT2D eigenvalue weighted by molar-refractivity contribution is 6.29. The molecule has 0 saturated heterocycles. The van der Waals surface area contributed by atoms with Gasteiger partial charge in [0, 0.05) is 30.2 Å². The number of nitrogens with zero attached hydrogens (tertiary/aromatic N) is 2. The van der Waals surface area contributed by atoms with Gasteiger partial charge in [-0.3, -0.25) is 0 Å². The zero-order chi connectivity index (χ0) is 14.9. The number of rotatable bonds is 3. The molecule has 1 saturated carbocycles. The summed E-state index contributed by atoms with van der Waals surface area (Å²) in [5.74, 6) is 3.52. The molecule has 0 amide bonds. The Morgan fingerprint density at radius 1 is 1.05 bits per heavy atom. The molecule has 0 unspecified atom stereocenters. The molecule has 1 aliphatic carbocycles. The van der Waals surface area contributed by atoms with Crippen LogP contribution in [0.3, 0.4) is 0 Å². The summed E-state index contributed by atoms with van der Waals surface area (Å²) >= 11 is 6.09. The Morgan fingerprint density at radius 2 is 1.86 bits per heavy atom. The quantitative estimate of drug-likeness (QED) is 0.870. The number of hydrogen-bond acceptors (Lipinski definition) is 5. The minimum absolute atomic E-state index is 0.461. The van der Waals surface area contributed by atoms with E-state index in [1.165, 1.54) is 0 Å². The fraction of sp³-hybridized carbons (Fsp3) is 0.375. The molecule has 1 aromatic carbocycles. The Morgan fingerprint density at radius 3 is 2.68 bits per heavy atom. The van der Waals surface area contributed by atoms with E-state index in [2.05, 4.69) is 15.3 Å². The predicted octanol–water partition coefficient (Wildman–Crippen LogP) is 3.91. The topological polar surface area (TPSA) is 56.3 Å². The van der Waals surface area contributed by atoms with Crippen molar-refractivity contribution in [1.29, 1.82) is 0 Å². The first kappa shape index (κ1) is 13.6. The van der Waals surface area contributed by atoms with Gasteiger partial charge in [-0.15, -0.1) is 0 Å². The fourth-order valence-corrected chi connectivity index (χ4v) is 2.60. The maximum Gasteiger partial charge on any atom is 0.163 e. The minimum Gasteiger partial charge on any atom is -0.490 e. The number of halogens is 1. The molecule has 5 nitrogen and oxygen atoms in total. The number of anilines is 2. The molecule has 2 aliphatic rings.